The minimum atomic E-state index is -1.08. The van der Waals surface area contributed by atoms with Crippen LogP contribution in [0.3, 0.4) is 0 Å². The van der Waals surface area contributed by atoms with Gasteiger partial charge in [-0.3, -0.25) is 19.3 Å². The maximum Gasteiger partial charge on any atom is 0.273 e. The van der Waals surface area contributed by atoms with Crippen molar-refractivity contribution in [3.63, 3.8) is 0 Å². The molecular weight excluding hydrogens is 518 g/mol. The highest BCUT2D eigenvalue weighted by Crippen LogP contribution is 2.34. The number of nitrogens with two attached hydrogens (primary N) is 2. The number of methoxy groups -OCH3 is 1. The van der Waals surface area contributed by atoms with E-state index in [2.05, 4.69) is 23.5 Å². The van der Waals surface area contributed by atoms with Crippen LogP contribution in [0.5, 0.6) is 5.75 Å². The molecule has 2 aromatic carbocycles. The van der Waals surface area contributed by atoms with E-state index in [0.29, 0.717) is 30.2 Å². The minimum Gasteiger partial charge on any atom is -0.497 e. The second kappa shape index (κ2) is 12.3. The first-order chi connectivity index (χ1) is 18.7. The normalized spacial score (nSPS) is 15.6. The van der Waals surface area contributed by atoms with Crippen molar-refractivity contribution in [1.82, 2.24) is 9.69 Å². The van der Waals surface area contributed by atoms with Gasteiger partial charge in [0.2, 0.25) is 5.91 Å². The van der Waals surface area contributed by atoms with Gasteiger partial charge < -0.3 is 26.3 Å². The zero-order chi connectivity index (χ0) is 28.1. The van der Waals surface area contributed by atoms with Gasteiger partial charge >= 0.3 is 0 Å². The molecule has 39 heavy (non-hydrogen) atoms. The van der Waals surface area contributed by atoms with Gasteiger partial charge in [-0.15, -0.1) is 0 Å². The standard InChI is InChI=1S/C28H33N5O5S/c1-16(2)17-6-10-19(11-7-17)33(28(36)25-22(29)23(26(30)34)32-39-25)24(18-8-12-20(37-3)13-9-18)27(35)31-15-21-5-4-14-38-21/h6-13,16,21,24H,4-5,14-15,29H2,1-3H3,(H2,30,34)(H,31,35)/t21-,24+/m1/s1. The van der Waals surface area contributed by atoms with Crippen molar-refractivity contribution in [2.24, 2.45) is 5.73 Å². The van der Waals surface area contributed by atoms with Crippen molar-refractivity contribution < 1.29 is 23.9 Å². The summed E-state index contributed by atoms with van der Waals surface area (Å²) in [6, 6.07) is 13.3. The Bertz CT molecular complexity index is 1320. The maximum atomic E-state index is 14.2. The number of hydrogen-bond acceptors (Lipinski definition) is 8. The molecule has 0 saturated carbocycles. The second-order valence-corrected chi connectivity index (χ2v) is 10.4. The summed E-state index contributed by atoms with van der Waals surface area (Å²) in [6.07, 6.45) is 1.69. The van der Waals surface area contributed by atoms with E-state index in [1.807, 2.05) is 12.1 Å². The van der Waals surface area contributed by atoms with Crippen molar-refractivity contribution in [2.75, 3.05) is 30.9 Å². The molecule has 206 valence electrons. The lowest BCUT2D eigenvalue weighted by Crippen LogP contribution is -2.45. The lowest BCUT2D eigenvalue weighted by molar-refractivity contribution is -0.123. The number of nitrogens with zero attached hydrogens (tertiary/aromatic N) is 2. The zero-order valence-corrected chi connectivity index (χ0v) is 23.0. The summed E-state index contributed by atoms with van der Waals surface area (Å²) in [5.41, 5.74) is 13.4. The smallest absolute Gasteiger partial charge is 0.273 e. The molecule has 1 aromatic heterocycles. The Kier molecular flexibility index (Phi) is 8.82. The zero-order valence-electron chi connectivity index (χ0n) is 22.2. The Morgan fingerprint density at radius 2 is 1.79 bits per heavy atom. The van der Waals surface area contributed by atoms with E-state index >= 15 is 0 Å². The number of anilines is 2. The minimum absolute atomic E-state index is 0.0159. The number of rotatable bonds is 10. The van der Waals surface area contributed by atoms with Gasteiger partial charge in [0, 0.05) is 18.8 Å². The van der Waals surface area contributed by atoms with Crippen molar-refractivity contribution in [2.45, 2.75) is 44.8 Å². The molecule has 0 spiro atoms. The van der Waals surface area contributed by atoms with Gasteiger partial charge in [-0.05, 0) is 65.7 Å². The van der Waals surface area contributed by atoms with E-state index in [1.165, 1.54) is 4.90 Å². The fourth-order valence-corrected chi connectivity index (χ4v) is 5.20. The monoisotopic (exact) mass is 551 g/mol. The average Bonchev–Trinajstić information content (AvgIpc) is 3.60. The number of ether oxygens (including phenoxy) is 2. The second-order valence-electron chi connectivity index (χ2n) is 9.62. The highest BCUT2D eigenvalue weighted by atomic mass is 32.1. The van der Waals surface area contributed by atoms with E-state index in [0.717, 1.165) is 29.9 Å². The van der Waals surface area contributed by atoms with E-state index in [1.54, 1.807) is 43.5 Å². The first kappa shape index (κ1) is 28.1. The molecule has 4 rings (SSSR count). The number of primary amides is 1. The molecule has 3 aromatic rings. The van der Waals surface area contributed by atoms with E-state index in [9.17, 15) is 14.4 Å². The topological polar surface area (TPSA) is 150 Å². The number of hydrogen-bond donors (Lipinski definition) is 3. The Labute approximate surface area is 231 Å². The molecule has 0 aliphatic carbocycles. The predicted octanol–water partition coefficient (Wildman–Crippen LogP) is 3.64. The van der Waals surface area contributed by atoms with Crippen LogP contribution in [0.15, 0.2) is 48.5 Å². The van der Waals surface area contributed by atoms with Crippen molar-refractivity contribution in [3.8, 4) is 5.75 Å². The fraction of sp³-hybridized carbons (Fsp3) is 0.357. The summed E-state index contributed by atoms with van der Waals surface area (Å²) in [6.45, 7) is 5.11. The van der Waals surface area contributed by atoms with E-state index in [-0.39, 0.29) is 28.3 Å². The number of amides is 3. The highest BCUT2D eigenvalue weighted by molar-refractivity contribution is 7.09. The molecule has 5 N–H and O–H groups in total. The SMILES string of the molecule is COc1ccc([C@@H](C(=O)NC[C@H]2CCCO2)N(C(=O)c2snc(C(N)=O)c2N)c2ccc(C(C)C)cc2)cc1. The Balaban J connectivity index is 1.81. The summed E-state index contributed by atoms with van der Waals surface area (Å²) in [7, 11) is 1.55. The van der Waals surface area contributed by atoms with Crippen molar-refractivity contribution in [3.05, 3.63) is 70.2 Å². The molecular formula is C28H33N5O5S. The van der Waals surface area contributed by atoms with Crippen LogP contribution in [0.1, 0.15) is 69.9 Å². The number of benzene rings is 2. The lowest BCUT2D eigenvalue weighted by atomic mass is 10.00. The molecule has 11 heteroatoms. The summed E-state index contributed by atoms with van der Waals surface area (Å²) in [5.74, 6) is -0.936. The van der Waals surface area contributed by atoms with Crippen LogP contribution in [0.2, 0.25) is 0 Å². The first-order valence-corrected chi connectivity index (χ1v) is 13.5. The van der Waals surface area contributed by atoms with Gasteiger partial charge in [-0.1, -0.05) is 38.1 Å². The quantitative estimate of drug-likeness (QED) is 0.348. The molecule has 1 saturated heterocycles. The van der Waals surface area contributed by atoms with Gasteiger partial charge in [0.15, 0.2) is 5.69 Å². The third kappa shape index (κ3) is 6.21. The predicted molar refractivity (Wildman–Crippen MR) is 150 cm³/mol. The van der Waals surface area contributed by atoms with Gasteiger partial charge in [-0.25, -0.2) is 0 Å². The molecule has 1 aliphatic heterocycles. The first-order valence-electron chi connectivity index (χ1n) is 12.7. The summed E-state index contributed by atoms with van der Waals surface area (Å²) >= 11 is 0.769. The van der Waals surface area contributed by atoms with Crippen LogP contribution in [-0.2, 0) is 9.53 Å². The molecule has 1 fully saturated rings. The number of carbonyl (C=O) groups is 3. The molecule has 2 atom stereocenters. The molecule has 0 unspecified atom stereocenters. The molecule has 0 bridgehead atoms. The summed E-state index contributed by atoms with van der Waals surface area (Å²) in [5, 5.41) is 2.97. The van der Waals surface area contributed by atoms with Crippen LogP contribution in [0, 0.1) is 0 Å². The van der Waals surface area contributed by atoms with E-state index in [4.69, 9.17) is 20.9 Å². The van der Waals surface area contributed by atoms with Crippen LogP contribution in [-0.4, -0.2) is 48.5 Å². The van der Waals surface area contributed by atoms with Gasteiger partial charge in [0.25, 0.3) is 11.8 Å². The third-order valence-corrected chi connectivity index (χ3v) is 7.53. The molecule has 3 amide bonds. The maximum absolute atomic E-state index is 14.2. The van der Waals surface area contributed by atoms with Crippen LogP contribution >= 0.6 is 11.5 Å². The molecule has 1 aliphatic rings. The fourth-order valence-electron chi connectivity index (χ4n) is 4.46. The lowest BCUT2D eigenvalue weighted by Gasteiger charge is -2.32. The molecule has 2 heterocycles. The van der Waals surface area contributed by atoms with Crippen LogP contribution < -0.4 is 26.4 Å². The van der Waals surface area contributed by atoms with Crippen molar-refractivity contribution in [1.29, 1.82) is 0 Å². The number of aromatic nitrogens is 1. The summed E-state index contributed by atoms with van der Waals surface area (Å²) in [4.78, 5) is 41.2. The molecule has 10 nitrogen and oxygen atoms in total. The Morgan fingerprint density at radius 1 is 1.13 bits per heavy atom. The van der Waals surface area contributed by atoms with Gasteiger partial charge in [0.05, 0.1) is 18.9 Å². The van der Waals surface area contributed by atoms with Crippen molar-refractivity contribution >= 4 is 40.6 Å². The van der Waals surface area contributed by atoms with Gasteiger partial charge in [0.1, 0.15) is 16.7 Å². The van der Waals surface area contributed by atoms with Crippen LogP contribution in [0.25, 0.3) is 0 Å². The van der Waals surface area contributed by atoms with E-state index < -0.39 is 23.8 Å². The Hall–Kier alpha value is -3.96. The third-order valence-electron chi connectivity index (χ3n) is 6.68. The van der Waals surface area contributed by atoms with Gasteiger partial charge in [-0.2, -0.15) is 4.37 Å². The highest BCUT2D eigenvalue weighted by Gasteiger charge is 2.36. The number of carbonyl (C=O) groups excluding carboxylic acids is 3. The largest absolute Gasteiger partial charge is 0.497 e. The molecule has 0 radical (unpaired) electrons. The Morgan fingerprint density at radius 3 is 2.33 bits per heavy atom. The number of nitrogen functional groups attached to an aromatic ring is 1. The van der Waals surface area contributed by atoms with Crippen LogP contribution in [0.4, 0.5) is 11.4 Å². The number of nitrogens with one attached hydrogen (secondary N) is 1. The average molecular weight is 552 g/mol. The summed E-state index contributed by atoms with van der Waals surface area (Å²) < 4.78 is 15.0.